The maximum atomic E-state index is 13.7. The predicted molar refractivity (Wildman–Crippen MR) is 63.6 cm³/mol. The van der Waals surface area contributed by atoms with E-state index in [1.54, 1.807) is 30.3 Å². The maximum absolute atomic E-state index is 13.7. The summed E-state index contributed by atoms with van der Waals surface area (Å²) in [4.78, 5) is 13.4. The number of nitrogens with zero attached hydrogens (tertiary/aromatic N) is 1. The minimum absolute atomic E-state index is 0.0134. The van der Waals surface area contributed by atoms with Crippen molar-refractivity contribution in [2.45, 2.75) is 6.54 Å². The molecule has 0 aromatic heterocycles. The molecule has 90 valence electrons. The molecule has 4 heteroatoms. The second kappa shape index (κ2) is 5.34. The fourth-order valence-corrected chi connectivity index (χ4v) is 1.69. The van der Waals surface area contributed by atoms with Gasteiger partial charge in [0, 0.05) is 5.56 Å². The van der Waals surface area contributed by atoms with Gasteiger partial charge in [-0.05, 0) is 23.3 Å². The topological polar surface area (TPSA) is 29.4 Å². The Morgan fingerprint density at radius 3 is 2.50 bits per heavy atom. The molecule has 0 bridgehead atoms. The molecule has 0 aliphatic heterocycles. The van der Waals surface area contributed by atoms with Crippen LogP contribution in [0.2, 0.25) is 0 Å². The first-order valence-corrected chi connectivity index (χ1v) is 5.29. The number of isocyanates is 1. The highest BCUT2D eigenvalue weighted by atomic mass is 19.2. The van der Waals surface area contributed by atoms with Gasteiger partial charge in [0.15, 0.2) is 11.6 Å². The molecule has 0 N–H and O–H groups in total. The van der Waals surface area contributed by atoms with Gasteiger partial charge in [-0.1, -0.05) is 30.3 Å². The van der Waals surface area contributed by atoms with E-state index >= 15 is 0 Å². The van der Waals surface area contributed by atoms with E-state index in [9.17, 15) is 13.6 Å². The van der Waals surface area contributed by atoms with Crippen molar-refractivity contribution in [3.05, 3.63) is 59.7 Å². The van der Waals surface area contributed by atoms with Gasteiger partial charge in [-0.25, -0.2) is 18.6 Å². The number of halogens is 2. The van der Waals surface area contributed by atoms with Crippen LogP contribution in [0.25, 0.3) is 11.1 Å². The summed E-state index contributed by atoms with van der Waals surface area (Å²) in [5.74, 6) is -1.85. The highest BCUT2D eigenvalue weighted by molar-refractivity contribution is 5.65. The lowest BCUT2D eigenvalue weighted by atomic mass is 10.0. The third-order valence-corrected chi connectivity index (χ3v) is 2.50. The molecule has 0 saturated heterocycles. The number of hydrogen-bond acceptors (Lipinski definition) is 2. The van der Waals surface area contributed by atoms with Crippen LogP contribution in [0.5, 0.6) is 0 Å². The van der Waals surface area contributed by atoms with E-state index in [0.717, 1.165) is 6.07 Å². The predicted octanol–water partition coefficient (Wildman–Crippen LogP) is 3.47. The monoisotopic (exact) mass is 245 g/mol. The Hall–Kier alpha value is -2.32. The molecule has 0 amide bonds. The molecular weight excluding hydrogens is 236 g/mol. The first-order chi connectivity index (χ1) is 8.72. The molecule has 0 saturated carbocycles. The zero-order chi connectivity index (χ0) is 13.0. The lowest BCUT2D eigenvalue weighted by Gasteiger charge is -2.06. The molecule has 2 nitrogen and oxygen atoms in total. The van der Waals surface area contributed by atoms with E-state index in [2.05, 4.69) is 4.99 Å². The molecule has 18 heavy (non-hydrogen) atoms. The Morgan fingerprint density at radius 2 is 1.83 bits per heavy atom. The second-order valence-electron chi connectivity index (χ2n) is 3.71. The molecule has 0 fully saturated rings. The van der Waals surface area contributed by atoms with Crippen LogP contribution >= 0.6 is 0 Å². The molecule has 0 heterocycles. The summed E-state index contributed by atoms with van der Waals surface area (Å²) in [5, 5.41) is 0. The molecule has 2 aromatic rings. The normalized spacial score (nSPS) is 9.89. The number of rotatable bonds is 3. The minimum atomic E-state index is -0.951. The molecule has 0 spiro atoms. The van der Waals surface area contributed by atoms with Crippen molar-refractivity contribution in [2.75, 3.05) is 0 Å². The molecule has 0 unspecified atom stereocenters. The first kappa shape index (κ1) is 12.1. The Balaban J connectivity index is 2.52. The minimum Gasteiger partial charge on any atom is -0.211 e. The number of hydrogen-bond donors (Lipinski definition) is 0. The average Bonchev–Trinajstić information content (AvgIpc) is 2.41. The quantitative estimate of drug-likeness (QED) is 0.601. The van der Waals surface area contributed by atoms with Crippen molar-refractivity contribution < 1.29 is 13.6 Å². The number of carbonyl (C=O) groups excluding carboxylic acids is 1. The standard InChI is InChI=1S/C14H9F2NO/c15-13-7-10(8-17-9-18)6-12(14(13)16)11-4-2-1-3-5-11/h1-7H,8H2. The van der Waals surface area contributed by atoms with Crippen LogP contribution in [0.4, 0.5) is 8.78 Å². The van der Waals surface area contributed by atoms with Gasteiger partial charge >= 0.3 is 0 Å². The lowest BCUT2D eigenvalue weighted by molar-refractivity contribution is 0.509. The fraction of sp³-hybridized carbons (Fsp3) is 0.0714. The van der Waals surface area contributed by atoms with Gasteiger partial charge in [0.25, 0.3) is 0 Å². The third kappa shape index (κ3) is 2.50. The van der Waals surface area contributed by atoms with E-state index in [0.29, 0.717) is 11.1 Å². The Bertz CT molecular complexity index is 605. The number of benzene rings is 2. The SMILES string of the molecule is O=C=NCc1cc(F)c(F)c(-c2ccccc2)c1. The zero-order valence-corrected chi connectivity index (χ0v) is 9.36. The molecule has 2 aromatic carbocycles. The Labute approximate surface area is 103 Å². The van der Waals surface area contributed by atoms with Gasteiger partial charge in [0.1, 0.15) is 0 Å². The summed E-state index contributed by atoms with van der Waals surface area (Å²) < 4.78 is 27.1. The highest BCUT2D eigenvalue weighted by Crippen LogP contribution is 2.26. The fourth-order valence-electron chi connectivity index (χ4n) is 1.69. The van der Waals surface area contributed by atoms with Crippen LogP contribution in [0.1, 0.15) is 5.56 Å². The van der Waals surface area contributed by atoms with Gasteiger partial charge in [0.2, 0.25) is 6.08 Å². The molecule has 0 radical (unpaired) electrons. The van der Waals surface area contributed by atoms with Crippen LogP contribution < -0.4 is 0 Å². The summed E-state index contributed by atoms with van der Waals surface area (Å²) >= 11 is 0. The molecule has 2 rings (SSSR count). The van der Waals surface area contributed by atoms with E-state index < -0.39 is 11.6 Å². The largest absolute Gasteiger partial charge is 0.235 e. The summed E-state index contributed by atoms with van der Waals surface area (Å²) in [6.45, 7) is -0.0134. The summed E-state index contributed by atoms with van der Waals surface area (Å²) in [5.41, 5.74) is 1.16. The summed E-state index contributed by atoms with van der Waals surface area (Å²) in [6, 6.07) is 11.1. The Morgan fingerprint density at radius 1 is 1.11 bits per heavy atom. The Kier molecular flexibility index (Phi) is 3.60. The third-order valence-electron chi connectivity index (χ3n) is 2.50. The first-order valence-electron chi connectivity index (χ1n) is 5.29. The zero-order valence-electron chi connectivity index (χ0n) is 9.36. The summed E-state index contributed by atoms with van der Waals surface area (Å²) in [7, 11) is 0. The van der Waals surface area contributed by atoms with Crippen molar-refractivity contribution in [2.24, 2.45) is 4.99 Å². The van der Waals surface area contributed by atoms with Gasteiger partial charge in [-0.3, -0.25) is 0 Å². The highest BCUT2D eigenvalue weighted by Gasteiger charge is 2.12. The number of aliphatic imine (C=N–C) groups is 1. The molecule has 0 aliphatic carbocycles. The smallest absolute Gasteiger partial charge is 0.211 e. The van der Waals surface area contributed by atoms with Gasteiger partial charge in [-0.2, -0.15) is 0 Å². The van der Waals surface area contributed by atoms with Crippen molar-refractivity contribution in [3.8, 4) is 11.1 Å². The van der Waals surface area contributed by atoms with Crippen LogP contribution in [0.15, 0.2) is 47.5 Å². The van der Waals surface area contributed by atoms with Gasteiger partial charge in [-0.15, -0.1) is 0 Å². The molecule has 0 aliphatic rings. The van der Waals surface area contributed by atoms with E-state index in [1.165, 1.54) is 12.1 Å². The van der Waals surface area contributed by atoms with E-state index in [1.807, 2.05) is 0 Å². The van der Waals surface area contributed by atoms with Crippen LogP contribution in [-0.2, 0) is 11.3 Å². The second-order valence-corrected chi connectivity index (χ2v) is 3.71. The molecule has 0 atom stereocenters. The molecular formula is C14H9F2NO. The lowest BCUT2D eigenvalue weighted by Crippen LogP contribution is -1.93. The van der Waals surface area contributed by atoms with E-state index in [-0.39, 0.29) is 12.1 Å². The van der Waals surface area contributed by atoms with E-state index in [4.69, 9.17) is 0 Å². The maximum Gasteiger partial charge on any atom is 0.235 e. The van der Waals surface area contributed by atoms with Crippen molar-refractivity contribution in [1.82, 2.24) is 0 Å². The van der Waals surface area contributed by atoms with Crippen molar-refractivity contribution >= 4 is 6.08 Å². The van der Waals surface area contributed by atoms with Crippen molar-refractivity contribution in [1.29, 1.82) is 0 Å². The van der Waals surface area contributed by atoms with Crippen LogP contribution in [-0.4, -0.2) is 6.08 Å². The van der Waals surface area contributed by atoms with Crippen molar-refractivity contribution in [3.63, 3.8) is 0 Å². The summed E-state index contributed by atoms with van der Waals surface area (Å²) in [6.07, 6.45) is 1.37. The van der Waals surface area contributed by atoms with Crippen LogP contribution in [0.3, 0.4) is 0 Å². The van der Waals surface area contributed by atoms with Gasteiger partial charge in [0.05, 0.1) is 6.54 Å². The van der Waals surface area contributed by atoms with Crippen LogP contribution in [0, 0.1) is 11.6 Å². The van der Waals surface area contributed by atoms with Gasteiger partial charge < -0.3 is 0 Å². The average molecular weight is 245 g/mol.